The third kappa shape index (κ3) is 5.60. The zero-order valence-corrected chi connectivity index (χ0v) is 22.5. The number of nitrogens with one attached hydrogen (secondary N) is 1. The van der Waals surface area contributed by atoms with Crippen molar-refractivity contribution >= 4 is 23.3 Å². The van der Waals surface area contributed by atoms with E-state index in [4.69, 9.17) is 9.73 Å². The summed E-state index contributed by atoms with van der Waals surface area (Å²) in [6, 6.07) is 3.79. The molecule has 2 aromatic rings. The molecule has 1 amide bonds. The zero-order valence-electron chi connectivity index (χ0n) is 22.5. The minimum absolute atomic E-state index is 0.116. The summed E-state index contributed by atoms with van der Waals surface area (Å²) in [5.41, 5.74) is 5.59. The molecule has 0 bridgehead atoms. The molecule has 1 saturated heterocycles. The van der Waals surface area contributed by atoms with Crippen LogP contribution in [0.2, 0.25) is 0 Å². The van der Waals surface area contributed by atoms with Gasteiger partial charge in [0, 0.05) is 18.2 Å². The molecule has 9 heteroatoms. The van der Waals surface area contributed by atoms with E-state index in [9.17, 15) is 4.79 Å². The normalized spacial score (nSPS) is 18.7. The largest absolute Gasteiger partial charge is 0.480 e. The van der Waals surface area contributed by atoms with Gasteiger partial charge >= 0.3 is 0 Å². The number of piperazine rings is 1. The highest BCUT2D eigenvalue weighted by Gasteiger charge is 2.37. The first kappa shape index (κ1) is 26.2. The molecule has 1 atom stereocenters. The van der Waals surface area contributed by atoms with Crippen LogP contribution in [-0.2, 0) is 11.3 Å². The first-order valence-electron chi connectivity index (χ1n) is 12.7. The van der Waals surface area contributed by atoms with Crippen molar-refractivity contribution in [2.75, 3.05) is 7.11 Å². The lowest BCUT2D eigenvalue weighted by molar-refractivity contribution is -0.122. The molecule has 1 aliphatic carbocycles. The molecule has 1 saturated carbocycles. The van der Waals surface area contributed by atoms with Crippen molar-refractivity contribution in [1.82, 2.24) is 25.2 Å². The molecule has 0 unspecified atom stereocenters. The van der Waals surface area contributed by atoms with Crippen molar-refractivity contribution in [2.45, 2.75) is 72.4 Å². The Balaban J connectivity index is 1.76. The van der Waals surface area contributed by atoms with Crippen molar-refractivity contribution in [3.05, 3.63) is 65.0 Å². The molecule has 0 aromatic carbocycles. The van der Waals surface area contributed by atoms with E-state index >= 15 is 0 Å². The highest BCUT2D eigenvalue weighted by atomic mass is 16.5. The van der Waals surface area contributed by atoms with Crippen molar-refractivity contribution in [3.63, 3.8) is 0 Å². The minimum atomic E-state index is -0.239. The number of nitrogens with zero attached hydrogens (tertiary/aromatic N) is 6. The van der Waals surface area contributed by atoms with E-state index in [1.165, 1.54) is 6.33 Å². The Hall–Kier alpha value is -3.88. The quantitative estimate of drug-likeness (QED) is 0.569. The zero-order chi connectivity index (χ0) is 26.7. The lowest BCUT2D eigenvalue weighted by Gasteiger charge is -2.36. The van der Waals surface area contributed by atoms with Crippen molar-refractivity contribution in [3.8, 4) is 5.88 Å². The Labute approximate surface area is 218 Å². The molecule has 0 radical (unpaired) electrons. The number of pyridine rings is 1. The number of amidine groups is 2. The van der Waals surface area contributed by atoms with Crippen LogP contribution in [0.4, 0.5) is 0 Å². The number of ether oxygens (including phenoxy) is 1. The number of aliphatic imine (C=N–C) groups is 2. The van der Waals surface area contributed by atoms with Gasteiger partial charge in [0.1, 0.15) is 6.33 Å². The number of amides is 1. The summed E-state index contributed by atoms with van der Waals surface area (Å²) in [6.07, 6.45) is 6.17. The van der Waals surface area contributed by atoms with Gasteiger partial charge in [-0.05, 0) is 64.2 Å². The molecule has 194 valence electrons. The minimum Gasteiger partial charge on any atom is -0.480 e. The van der Waals surface area contributed by atoms with Crippen LogP contribution in [0.25, 0.3) is 5.70 Å². The maximum Gasteiger partial charge on any atom is 0.295 e. The topological polar surface area (TPSA) is 105 Å². The predicted octanol–water partition coefficient (Wildman–Crippen LogP) is 4.56. The van der Waals surface area contributed by atoms with E-state index < -0.39 is 0 Å². The van der Waals surface area contributed by atoms with Gasteiger partial charge in [-0.2, -0.15) is 0 Å². The lowest BCUT2D eigenvalue weighted by atomic mass is 10.1. The van der Waals surface area contributed by atoms with Gasteiger partial charge in [0.05, 0.1) is 42.0 Å². The molecule has 4 rings (SSSR count). The highest BCUT2D eigenvalue weighted by molar-refractivity contribution is 6.44. The van der Waals surface area contributed by atoms with Gasteiger partial charge in [0.2, 0.25) is 5.88 Å². The van der Waals surface area contributed by atoms with Crippen LogP contribution >= 0.6 is 0 Å². The molecular formula is C28H35N7O2. The van der Waals surface area contributed by atoms with Crippen molar-refractivity contribution < 1.29 is 9.53 Å². The average Bonchev–Trinajstić information content (AvgIpc) is 3.73. The molecule has 1 N–H and O–H groups in total. The maximum atomic E-state index is 13.7. The van der Waals surface area contributed by atoms with Crippen LogP contribution in [0.15, 0.2) is 52.5 Å². The third-order valence-corrected chi connectivity index (χ3v) is 6.55. The molecule has 9 nitrogen and oxygen atoms in total. The number of aryl methyl sites for hydroxylation is 1. The standard InChI is InChI=1S/C28H35N7O2/c1-8-18(5)35-26(33-19(6)22-24(20-10-11-20)31-15-32-27(22)37-7)23(16(2)3)34-25(28(35)36)30-14-21-12-9-17(4)13-29-21/h9,12-13,15,18,20H,6,8,10-11,14H2,1-5,7H3,(H,30,34)/t18-/m0/s1. The van der Waals surface area contributed by atoms with Crippen LogP contribution in [-0.4, -0.2) is 50.6 Å². The molecule has 2 aromatic heterocycles. The Kier molecular flexibility index (Phi) is 7.80. The summed E-state index contributed by atoms with van der Waals surface area (Å²) in [4.78, 5) is 38.2. The third-order valence-electron chi connectivity index (χ3n) is 6.55. The summed E-state index contributed by atoms with van der Waals surface area (Å²) in [6.45, 7) is 14.5. The fourth-order valence-corrected chi connectivity index (χ4v) is 4.13. The van der Waals surface area contributed by atoms with Crippen LogP contribution in [0.5, 0.6) is 5.88 Å². The molecule has 1 aliphatic heterocycles. The van der Waals surface area contributed by atoms with Crippen molar-refractivity contribution in [1.29, 1.82) is 0 Å². The summed E-state index contributed by atoms with van der Waals surface area (Å²) in [5.74, 6) is 1.31. The van der Waals surface area contributed by atoms with E-state index in [0.717, 1.165) is 47.5 Å². The number of hydrogen-bond acceptors (Lipinski definition) is 7. The summed E-state index contributed by atoms with van der Waals surface area (Å²) in [5, 5.41) is 3.25. The second kappa shape index (κ2) is 11.0. The monoisotopic (exact) mass is 501 g/mol. The number of aromatic nitrogens is 3. The Morgan fingerprint density at radius 2 is 2.03 bits per heavy atom. The first-order valence-corrected chi connectivity index (χ1v) is 12.7. The second-order valence-corrected chi connectivity index (χ2v) is 9.72. The summed E-state index contributed by atoms with van der Waals surface area (Å²) < 4.78 is 5.55. The number of methoxy groups -OCH3 is 1. The number of allylic oxidation sites excluding steroid dienone is 1. The van der Waals surface area contributed by atoms with Gasteiger partial charge in [-0.15, -0.1) is 0 Å². The van der Waals surface area contributed by atoms with Gasteiger partial charge in [0.15, 0.2) is 11.7 Å². The fraction of sp³-hybridized carbons (Fsp3) is 0.429. The van der Waals surface area contributed by atoms with Gasteiger partial charge in [0.25, 0.3) is 5.91 Å². The van der Waals surface area contributed by atoms with E-state index in [-0.39, 0.29) is 17.8 Å². The van der Waals surface area contributed by atoms with Crippen LogP contribution < -0.4 is 10.1 Å². The number of carbonyl (C=O) groups is 1. The van der Waals surface area contributed by atoms with Crippen molar-refractivity contribution in [2.24, 2.45) is 9.98 Å². The fourth-order valence-electron chi connectivity index (χ4n) is 4.13. The smallest absolute Gasteiger partial charge is 0.295 e. The molecule has 2 fully saturated rings. The molecule has 3 heterocycles. The second-order valence-electron chi connectivity index (χ2n) is 9.72. The average molecular weight is 502 g/mol. The molecule has 37 heavy (non-hydrogen) atoms. The van der Waals surface area contributed by atoms with Gasteiger partial charge < -0.3 is 10.1 Å². The van der Waals surface area contributed by atoms with Crippen LogP contribution in [0.3, 0.4) is 0 Å². The summed E-state index contributed by atoms with van der Waals surface area (Å²) >= 11 is 0. The van der Waals surface area contributed by atoms with Gasteiger partial charge in [-0.3, -0.25) is 19.7 Å². The van der Waals surface area contributed by atoms with Gasteiger partial charge in [-0.1, -0.05) is 19.6 Å². The first-order chi connectivity index (χ1) is 17.7. The maximum absolute atomic E-state index is 13.7. The molecule has 2 aliphatic rings. The highest BCUT2D eigenvalue weighted by Crippen LogP contribution is 2.44. The predicted molar refractivity (Wildman–Crippen MR) is 145 cm³/mol. The lowest BCUT2D eigenvalue weighted by Crippen LogP contribution is -2.57. The SMILES string of the molecule is C=C(N=C1C(=C(C)C)NC(=NCc2ccc(C)cn2)C(=O)N1[C@@H](C)CC)c1c(OC)ncnc1C1CC1. The number of carbonyl (C=O) groups excluding carboxylic acids is 1. The Morgan fingerprint density at radius 3 is 2.62 bits per heavy atom. The van der Waals surface area contributed by atoms with E-state index in [1.54, 1.807) is 18.2 Å². The van der Waals surface area contributed by atoms with Gasteiger partial charge in [-0.25, -0.2) is 15.0 Å². The van der Waals surface area contributed by atoms with E-state index in [1.807, 2.05) is 46.8 Å². The Bertz CT molecular complexity index is 1290. The van der Waals surface area contributed by atoms with E-state index in [0.29, 0.717) is 35.4 Å². The van der Waals surface area contributed by atoms with E-state index in [2.05, 4.69) is 31.8 Å². The number of hydrogen-bond donors (Lipinski definition) is 1. The molecular weight excluding hydrogens is 466 g/mol. The Morgan fingerprint density at radius 1 is 1.27 bits per heavy atom. The van der Waals surface area contributed by atoms with Crippen LogP contribution in [0.1, 0.15) is 75.4 Å². The molecule has 0 spiro atoms. The number of rotatable bonds is 8. The summed E-state index contributed by atoms with van der Waals surface area (Å²) in [7, 11) is 1.58. The van der Waals surface area contributed by atoms with Crippen LogP contribution in [0, 0.1) is 6.92 Å².